The normalized spacial score (nSPS) is 12.6. The van der Waals surface area contributed by atoms with Crippen molar-refractivity contribution in [1.29, 1.82) is 0 Å². The third-order valence-electron chi connectivity index (χ3n) is 1.04. The smallest absolute Gasteiger partial charge is 0.235 e. The Hall–Kier alpha value is -0.470. The Labute approximate surface area is 61.8 Å². The van der Waals surface area contributed by atoms with Crippen LogP contribution >= 0.6 is 9.39 Å². The van der Waals surface area contributed by atoms with Crippen molar-refractivity contribution in [1.82, 2.24) is 5.09 Å². The van der Waals surface area contributed by atoms with Crippen LogP contribution in [0, 0.1) is 0 Å². The molecule has 0 spiro atoms. The Bertz CT molecular complexity index is 149. The maximum absolute atomic E-state index is 10.5. The van der Waals surface area contributed by atoms with Crippen LogP contribution < -0.4 is 10.8 Å². The maximum atomic E-state index is 10.5. The van der Waals surface area contributed by atoms with Crippen LogP contribution in [0.25, 0.3) is 0 Å². The minimum absolute atomic E-state index is 0.0567. The molecule has 1 amide bonds. The van der Waals surface area contributed by atoms with Gasteiger partial charge in [0.05, 0.1) is 6.04 Å². The molecule has 2 atom stereocenters. The Balaban J connectivity index is 3.83. The fourth-order valence-corrected chi connectivity index (χ4v) is 0.811. The van der Waals surface area contributed by atoms with Gasteiger partial charge in [-0.25, -0.2) is 0 Å². The predicted molar refractivity (Wildman–Crippen MR) is 41.1 cm³/mol. The van der Waals surface area contributed by atoms with Gasteiger partial charge in [0.15, 0.2) is 0 Å². The first-order chi connectivity index (χ1) is 4.57. The summed E-state index contributed by atoms with van der Waals surface area (Å²) in [5.74, 6) is -0.566. The number of rotatable bonds is 4. The van der Waals surface area contributed by atoms with Gasteiger partial charge in [0, 0.05) is 6.42 Å². The van der Waals surface area contributed by atoms with Gasteiger partial charge >= 0.3 is 0 Å². The van der Waals surface area contributed by atoms with Crippen molar-refractivity contribution < 1.29 is 9.59 Å². The molecule has 0 saturated heterocycles. The zero-order chi connectivity index (χ0) is 8.15. The lowest BCUT2D eigenvalue weighted by Gasteiger charge is -2.08. The summed E-state index contributed by atoms with van der Waals surface area (Å²) in [5, 5.41) is 2.55. The van der Waals surface area contributed by atoms with Crippen LogP contribution in [0.3, 0.4) is 0 Å². The first-order valence-corrected chi connectivity index (χ1v) is 3.40. The Kier molecular flexibility index (Phi) is 4.16. The lowest BCUT2D eigenvalue weighted by Crippen LogP contribution is -2.37. The summed E-state index contributed by atoms with van der Waals surface area (Å²) >= 11 is 0. The molecule has 0 aromatic rings. The highest BCUT2D eigenvalue weighted by atomic mass is 31.0. The topological polar surface area (TPSA) is 72.2 Å². The number of hydrogen-bond donors (Lipinski definition) is 2. The molecule has 0 rings (SSSR count). The van der Waals surface area contributed by atoms with E-state index in [2.05, 4.69) is 14.5 Å². The summed E-state index contributed by atoms with van der Waals surface area (Å²) in [6.45, 7) is 1.41. The minimum atomic E-state index is -0.553. The number of primary amides is 1. The van der Waals surface area contributed by atoms with Crippen LogP contribution in [-0.4, -0.2) is 17.7 Å². The van der Waals surface area contributed by atoms with Gasteiger partial charge in [-0.2, -0.15) is 0 Å². The van der Waals surface area contributed by atoms with Gasteiger partial charge < -0.3 is 5.73 Å². The van der Waals surface area contributed by atoms with Gasteiger partial charge in [-0.3, -0.25) is 14.7 Å². The van der Waals surface area contributed by atoms with Crippen LogP contribution in [0.5, 0.6) is 0 Å². The van der Waals surface area contributed by atoms with Crippen molar-refractivity contribution in [3.8, 4) is 0 Å². The number of ketones is 1. The van der Waals surface area contributed by atoms with E-state index in [-0.39, 0.29) is 12.2 Å². The molecule has 0 aliphatic heterocycles. The number of carbonyl (C=O) groups is 2. The SMILES string of the molecule is CC(=O)C[C@H](NP)C(N)=O. The third-order valence-corrected chi connectivity index (χ3v) is 1.44. The molecular formula is C5H11N2O2P. The molecule has 3 N–H and O–H groups in total. The van der Waals surface area contributed by atoms with Gasteiger partial charge in [-0.1, -0.05) is 9.39 Å². The van der Waals surface area contributed by atoms with Gasteiger partial charge in [0.1, 0.15) is 5.78 Å². The van der Waals surface area contributed by atoms with Gasteiger partial charge in [-0.05, 0) is 6.92 Å². The van der Waals surface area contributed by atoms with Crippen LogP contribution in [0.15, 0.2) is 0 Å². The Morgan fingerprint density at radius 1 is 1.70 bits per heavy atom. The standard InChI is InChI=1S/C5H11N2O2P/c1-3(8)2-4(7-10)5(6)9/h4,7H,2,10H2,1H3,(H2,6,9)/t4-/m0/s1. The van der Waals surface area contributed by atoms with E-state index >= 15 is 0 Å². The highest BCUT2D eigenvalue weighted by Gasteiger charge is 2.13. The maximum Gasteiger partial charge on any atom is 0.235 e. The predicted octanol–water partition coefficient (Wildman–Crippen LogP) is -0.801. The molecule has 10 heavy (non-hydrogen) atoms. The first-order valence-electron chi connectivity index (χ1n) is 2.82. The largest absolute Gasteiger partial charge is 0.368 e. The molecule has 4 nitrogen and oxygen atoms in total. The lowest BCUT2D eigenvalue weighted by molar-refractivity contribution is -0.124. The molecule has 1 unspecified atom stereocenters. The second kappa shape index (κ2) is 4.36. The van der Waals surface area contributed by atoms with E-state index in [4.69, 9.17) is 5.73 Å². The second-order valence-corrected chi connectivity index (χ2v) is 2.36. The molecule has 0 aliphatic carbocycles. The van der Waals surface area contributed by atoms with Crippen molar-refractivity contribution >= 4 is 21.1 Å². The van der Waals surface area contributed by atoms with Crippen molar-refractivity contribution in [2.75, 3.05) is 0 Å². The summed E-state index contributed by atoms with van der Waals surface area (Å²) in [6.07, 6.45) is 0.152. The third kappa shape index (κ3) is 3.54. The summed E-state index contributed by atoms with van der Waals surface area (Å²) < 4.78 is 0. The zero-order valence-corrected chi connectivity index (χ0v) is 6.91. The number of carbonyl (C=O) groups excluding carboxylic acids is 2. The van der Waals surface area contributed by atoms with Gasteiger partial charge in [0.2, 0.25) is 5.91 Å². The molecular weight excluding hydrogens is 151 g/mol. The number of hydrogen-bond acceptors (Lipinski definition) is 3. The van der Waals surface area contributed by atoms with Crippen molar-refractivity contribution in [3.63, 3.8) is 0 Å². The second-order valence-electron chi connectivity index (χ2n) is 2.03. The average molecular weight is 162 g/mol. The molecule has 0 aromatic heterocycles. The van der Waals surface area contributed by atoms with E-state index in [0.29, 0.717) is 0 Å². The molecule has 0 radical (unpaired) electrons. The highest BCUT2D eigenvalue weighted by molar-refractivity contribution is 7.13. The number of amides is 1. The molecule has 5 heteroatoms. The Morgan fingerprint density at radius 2 is 2.20 bits per heavy atom. The highest BCUT2D eigenvalue weighted by Crippen LogP contribution is 1.93. The average Bonchev–Trinajstić information content (AvgIpc) is 1.81. The molecule has 58 valence electrons. The van der Waals surface area contributed by atoms with Gasteiger partial charge in [0.25, 0.3) is 0 Å². The van der Waals surface area contributed by atoms with Crippen molar-refractivity contribution in [2.45, 2.75) is 19.4 Å². The van der Waals surface area contributed by atoms with Crippen LogP contribution in [-0.2, 0) is 9.59 Å². The number of nitrogens with two attached hydrogens (primary N) is 1. The van der Waals surface area contributed by atoms with Crippen molar-refractivity contribution in [3.05, 3.63) is 0 Å². The monoisotopic (exact) mass is 162 g/mol. The van der Waals surface area contributed by atoms with E-state index in [0.717, 1.165) is 0 Å². The van der Waals surface area contributed by atoms with Crippen molar-refractivity contribution in [2.24, 2.45) is 5.73 Å². The van der Waals surface area contributed by atoms with E-state index in [1.165, 1.54) is 6.92 Å². The zero-order valence-electron chi connectivity index (χ0n) is 5.76. The summed E-state index contributed by atoms with van der Waals surface area (Å²) in [7, 11) is 2.15. The number of nitrogens with one attached hydrogen (secondary N) is 1. The van der Waals surface area contributed by atoms with Crippen LogP contribution in [0.4, 0.5) is 0 Å². The lowest BCUT2D eigenvalue weighted by atomic mass is 10.1. The number of Topliss-reactive ketones (excluding diaryl/α,β-unsaturated/α-hetero) is 1. The molecule has 0 heterocycles. The molecule has 0 bridgehead atoms. The summed E-state index contributed by atoms with van der Waals surface area (Å²) in [5.41, 5.74) is 4.93. The van der Waals surface area contributed by atoms with Gasteiger partial charge in [-0.15, -0.1) is 0 Å². The molecule has 0 fully saturated rings. The van der Waals surface area contributed by atoms with Crippen LogP contribution in [0.2, 0.25) is 0 Å². The quantitative estimate of drug-likeness (QED) is 0.531. The van der Waals surface area contributed by atoms with E-state index in [1.807, 2.05) is 0 Å². The van der Waals surface area contributed by atoms with E-state index in [9.17, 15) is 9.59 Å². The molecule has 0 aromatic carbocycles. The first kappa shape index (κ1) is 9.53. The molecule has 0 saturated carbocycles. The summed E-state index contributed by atoms with van der Waals surface area (Å²) in [6, 6.07) is -0.553. The van der Waals surface area contributed by atoms with Crippen LogP contribution in [0.1, 0.15) is 13.3 Å². The fourth-order valence-electron chi connectivity index (χ4n) is 0.529. The summed E-state index contributed by atoms with van der Waals surface area (Å²) in [4.78, 5) is 20.9. The minimum Gasteiger partial charge on any atom is -0.368 e. The fraction of sp³-hybridized carbons (Fsp3) is 0.600. The van der Waals surface area contributed by atoms with E-state index in [1.54, 1.807) is 0 Å². The molecule has 0 aliphatic rings. The Morgan fingerprint density at radius 3 is 2.30 bits per heavy atom. The van der Waals surface area contributed by atoms with E-state index < -0.39 is 11.9 Å².